The first kappa shape index (κ1) is 14.2. The zero-order valence-electron chi connectivity index (χ0n) is 11.9. The second-order valence-electron chi connectivity index (χ2n) is 4.79. The summed E-state index contributed by atoms with van der Waals surface area (Å²) in [5, 5.41) is 10.8. The van der Waals surface area contributed by atoms with E-state index >= 15 is 0 Å². The van der Waals surface area contributed by atoms with Crippen molar-refractivity contribution in [1.82, 2.24) is 15.5 Å². The number of hydrogen-bond donors (Lipinski definition) is 2. The Balaban J connectivity index is 1.99. The number of nitrogens with one attached hydrogen (secondary N) is 2. The average molecular weight is 275 g/mol. The maximum absolute atomic E-state index is 4.22. The molecule has 0 aliphatic rings. The van der Waals surface area contributed by atoms with Gasteiger partial charge < -0.3 is 5.32 Å². The van der Waals surface area contributed by atoms with Crippen molar-refractivity contribution in [3.63, 3.8) is 0 Å². The van der Waals surface area contributed by atoms with Crippen LogP contribution in [0.4, 0.5) is 0 Å². The SMILES string of the molecule is CSc1ccc(C(C)NCc2c(C)n[nH]c2C)cc1. The second-order valence-corrected chi connectivity index (χ2v) is 5.67. The van der Waals surface area contributed by atoms with Gasteiger partial charge in [0.15, 0.2) is 0 Å². The van der Waals surface area contributed by atoms with Gasteiger partial charge in [-0.1, -0.05) is 12.1 Å². The second kappa shape index (κ2) is 6.26. The van der Waals surface area contributed by atoms with Crippen molar-refractivity contribution in [2.75, 3.05) is 6.26 Å². The van der Waals surface area contributed by atoms with Crippen LogP contribution in [0.3, 0.4) is 0 Å². The predicted octanol–water partition coefficient (Wildman–Crippen LogP) is 3.60. The van der Waals surface area contributed by atoms with Crippen molar-refractivity contribution < 1.29 is 0 Å². The summed E-state index contributed by atoms with van der Waals surface area (Å²) >= 11 is 1.77. The average Bonchev–Trinajstić information content (AvgIpc) is 2.75. The lowest BCUT2D eigenvalue weighted by atomic mass is 10.1. The van der Waals surface area contributed by atoms with Crippen LogP contribution in [0, 0.1) is 13.8 Å². The number of rotatable bonds is 5. The van der Waals surface area contributed by atoms with Gasteiger partial charge in [0.2, 0.25) is 0 Å². The van der Waals surface area contributed by atoms with Gasteiger partial charge in [0.25, 0.3) is 0 Å². The number of aromatic amines is 1. The first-order chi connectivity index (χ1) is 9.11. The number of H-pyrrole nitrogens is 1. The van der Waals surface area contributed by atoms with Gasteiger partial charge in [-0.25, -0.2) is 0 Å². The molecule has 1 unspecified atom stereocenters. The minimum atomic E-state index is 0.338. The molecule has 1 aromatic heterocycles. The fourth-order valence-electron chi connectivity index (χ4n) is 2.10. The molecule has 102 valence electrons. The summed E-state index contributed by atoms with van der Waals surface area (Å²) < 4.78 is 0. The molecule has 0 aliphatic heterocycles. The molecule has 2 rings (SSSR count). The summed E-state index contributed by atoms with van der Waals surface area (Å²) in [4.78, 5) is 1.30. The van der Waals surface area contributed by atoms with E-state index in [9.17, 15) is 0 Å². The molecule has 0 fully saturated rings. The quantitative estimate of drug-likeness (QED) is 0.819. The fraction of sp³-hybridized carbons (Fsp3) is 0.400. The summed E-state index contributed by atoms with van der Waals surface area (Å²) in [6, 6.07) is 9.07. The fourth-order valence-corrected chi connectivity index (χ4v) is 2.51. The number of nitrogens with zero attached hydrogens (tertiary/aromatic N) is 1. The van der Waals surface area contributed by atoms with Gasteiger partial charge in [-0.3, -0.25) is 5.10 Å². The van der Waals surface area contributed by atoms with Crippen LogP contribution in [0.1, 0.15) is 35.5 Å². The first-order valence-corrected chi connectivity index (χ1v) is 7.72. The van der Waals surface area contributed by atoms with E-state index in [1.165, 1.54) is 16.0 Å². The van der Waals surface area contributed by atoms with Crippen LogP contribution in [0.5, 0.6) is 0 Å². The lowest BCUT2D eigenvalue weighted by Crippen LogP contribution is -2.18. The van der Waals surface area contributed by atoms with Gasteiger partial charge in [-0.15, -0.1) is 11.8 Å². The van der Waals surface area contributed by atoms with Crippen LogP contribution in [-0.4, -0.2) is 16.5 Å². The molecule has 2 aromatic rings. The molecule has 19 heavy (non-hydrogen) atoms. The molecule has 0 amide bonds. The summed E-state index contributed by atoms with van der Waals surface area (Å²) in [6.07, 6.45) is 2.10. The van der Waals surface area contributed by atoms with Crippen LogP contribution >= 0.6 is 11.8 Å². The Morgan fingerprint density at radius 1 is 1.26 bits per heavy atom. The van der Waals surface area contributed by atoms with E-state index in [4.69, 9.17) is 0 Å². The molecule has 2 N–H and O–H groups in total. The van der Waals surface area contributed by atoms with Gasteiger partial charge >= 0.3 is 0 Å². The monoisotopic (exact) mass is 275 g/mol. The zero-order valence-corrected chi connectivity index (χ0v) is 12.8. The molecule has 1 atom stereocenters. The highest BCUT2D eigenvalue weighted by atomic mass is 32.2. The normalized spacial score (nSPS) is 12.6. The number of aromatic nitrogens is 2. The van der Waals surface area contributed by atoms with E-state index < -0.39 is 0 Å². The Morgan fingerprint density at radius 3 is 2.47 bits per heavy atom. The topological polar surface area (TPSA) is 40.7 Å². The third-order valence-electron chi connectivity index (χ3n) is 3.48. The van der Waals surface area contributed by atoms with Gasteiger partial charge in [-0.05, 0) is 44.7 Å². The van der Waals surface area contributed by atoms with E-state index in [1.54, 1.807) is 11.8 Å². The largest absolute Gasteiger partial charge is 0.306 e. The van der Waals surface area contributed by atoms with E-state index in [1.807, 2.05) is 6.92 Å². The Morgan fingerprint density at radius 2 is 1.95 bits per heavy atom. The number of thioether (sulfide) groups is 1. The lowest BCUT2D eigenvalue weighted by molar-refractivity contribution is 0.572. The Hall–Kier alpha value is -1.26. The van der Waals surface area contributed by atoms with Crippen molar-refractivity contribution in [2.45, 2.75) is 38.3 Å². The number of hydrogen-bond acceptors (Lipinski definition) is 3. The van der Waals surface area contributed by atoms with E-state index in [2.05, 4.69) is 59.9 Å². The maximum Gasteiger partial charge on any atom is 0.0638 e. The number of aryl methyl sites for hydroxylation is 2. The maximum atomic E-state index is 4.22. The molecule has 1 aromatic carbocycles. The van der Waals surface area contributed by atoms with Crippen LogP contribution in [0.25, 0.3) is 0 Å². The molecule has 0 aliphatic carbocycles. The zero-order chi connectivity index (χ0) is 13.8. The highest BCUT2D eigenvalue weighted by Gasteiger charge is 2.09. The lowest BCUT2D eigenvalue weighted by Gasteiger charge is -2.14. The Labute approximate surface area is 119 Å². The molecular weight excluding hydrogens is 254 g/mol. The Kier molecular flexibility index (Phi) is 4.66. The highest BCUT2D eigenvalue weighted by molar-refractivity contribution is 7.98. The van der Waals surface area contributed by atoms with Crippen molar-refractivity contribution >= 4 is 11.8 Å². The predicted molar refractivity (Wildman–Crippen MR) is 81.5 cm³/mol. The van der Waals surface area contributed by atoms with Gasteiger partial charge in [0.05, 0.1) is 5.69 Å². The molecule has 4 heteroatoms. The third-order valence-corrected chi connectivity index (χ3v) is 4.23. The molecule has 3 nitrogen and oxygen atoms in total. The molecule has 0 radical (unpaired) electrons. The smallest absolute Gasteiger partial charge is 0.0638 e. The minimum Gasteiger partial charge on any atom is -0.306 e. The third kappa shape index (κ3) is 3.39. The van der Waals surface area contributed by atoms with Crippen LogP contribution in [-0.2, 0) is 6.54 Å². The van der Waals surface area contributed by atoms with E-state index in [-0.39, 0.29) is 0 Å². The molecule has 0 bridgehead atoms. The van der Waals surface area contributed by atoms with E-state index in [0.717, 1.165) is 17.9 Å². The van der Waals surface area contributed by atoms with Crippen molar-refractivity contribution in [1.29, 1.82) is 0 Å². The van der Waals surface area contributed by atoms with Gasteiger partial charge in [0, 0.05) is 28.7 Å². The minimum absolute atomic E-state index is 0.338. The van der Waals surface area contributed by atoms with Gasteiger partial charge in [0.1, 0.15) is 0 Å². The summed E-state index contributed by atoms with van der Waals surface area (Å²) in [5.74, 6) is 0. The molecular formula is C15H21N3S. The van der Waals surface area contributed by atoms with E-state index in [0.29, 0.717) is 6.04 Å². The summed E-state index contributed by atoms with van der Waals surface area (Å²) in [7, 11) is 0. The molecule has 0 saturated carbocycles. The summed E-state index contributed by atoms with van der Waals surface area (Å²) in [6.45, 7) is 7.14. The standard InChI is InChI=1S/C15H21N3S/c1-10(13-5-7-14(19-4)8-6-13)16-9-15-11(2)17-18-12(15)3/h5-8,10,16H,9H2,1-4H3,(H,17,18). The van der Waals surface area contributed by atoms with Crippen LogP contribution in [0.15, 0.2) is 29.2 Å². The molecule has 0 saturated heterocycles. The van der Waals surface area contributed by atoms with Crippen LogP contribution in [0.2, 0.25) is 0 Å². The van der Waals surface area contributed by atoms with Crippen molar-refractivity contribution in [2.24, 2.45) is 0 Å². The molecule has 0 spiro atoms. The van der Waals surface area contributed by atoms with Crippen LogP contribution < -0.4 is 5.32 Å². The summed E-state index contributed by atoms with van der Waals surface area (Å²) in [5.41, 5.74) is 4.81. The first-order valence-electron chi connectivity index (χ1n) is 6.49. The Bertz CT molecular complexity index is 511. The number of benzene rings is 1. The van der Waals surface area contributed by atoms with Crippen molar-refractivity contribution in [3.05, 3.63) is 46.8 Å². The molecule has 1 heterocycles. The van der Waals surface area contributed by atoms with Gasteiger partial charge in [-0.2, -0.15) is 5.10 Å². The highest BCUT2D eigenvalue weighted by Crippen LogP contribution is 2.19. The van der Waals surface area contributed by atoms with Crippen molar-refractivity contribution in [3.8, 4) is 0 Å².